The third-order valence-electron chi connectivity index (χ3n) is 2.56. The summed E-state index contributed by atoms with van der Waals surface area (Å²) in [5.74, 6) is 1.54. The van der Waals surface area contributed by atoms with Gasteiger partial charge in [0.25, 0.3) is 0 Å². The van der Waals surface area contributed by atoms with Crippen LogP contribution in [0.1, 0.15) is 56.7 Å². The van der Waals surface area contributed by atoms with E-state index in [4.69, 9.17) is 11.6 Å². The topological polar surface area (TPSA) is 25.8 Å². The third-order valence-corrected chi connectivity index (χ3v) is 2.94. The molecule has 0 aliphatic heterocycles. The van der Waals surface area contributed by atoms with Crippen LogP contribution in [0.25, 0.3) is 0 Å². The summed E-state index contributed by atoms with van der Waals surface area (Å²) in [6, 6.07) is 2.02. The highest BCUT2D eigenvalue weighted by Gasteiger charge is 2.15. The van der Waals surface area contributed by atoms with Gasteiger partial charge in [-0.2, -0.15) is 0 Å². The number of hydrogen-bond acceptors (Lipinski definition) is 2. The van der Waals surface area contributed by atoms with Crippen LogP contribution in [0.15, 0.2) is 6.07 Å². The molecule has 0 N–H and O–H groups in total. The Labute approximate surface area is 97.1 Å². The number of halogens is 1. The van der Waals surface area contributed by atoms with Crippen molar-refractivity contribution in [2.24, 2.45) is 0 Å². The predicted octanol–water partition coefficient (Wildman–Crippen LogP) is 3.64. The second-order valence-corrected chi connectivity index (χ2v) is 5.10. The minimum Gasteiger partial charge on any atom is -0.238 e. The molecule has 1 aromatic rings. The van der Waals surface area contributed by atoms with Crippen molar-refractivity contribution in [3.05, 3.63) is 23.3 Å². The van der Waals surface area contributed by atoms with Crippen molar-refractivity contribution in [2.75, 3.05) is 0 Å². The zero-order valence-electron chi connectivity index (χ0n) is 10.1. The molecular weight excluding hydrogens is 208 g/mol. The van der Waals surface area contributed by atoms with Gasteiger partial charge in [0.1, 0.15) is 5.82 Å². The average Bonchev–Trinajstić information content (AvgIpc) is 2.15. The maximum atomic E-state index is 6.09. The second kappa shape index (κ2) is 4.93. The van der Waals surface area contributed by atoms with Gasteiger partial charge in [-0.25, -0.2) is 9.97 Å². The highest BCUT2D eigenvalue weighted by Crippen LogP contribution is 2.23. The van der Waals surface area contributed by atoms with E-state index in [-0.39, 0.29) is 11.3 Å². The maximum Gasteiger partial charge on any atom is 0.131 e. The zero-order valence-corrected chi connectivity index (χ0v) is 10.8. The third kappa shape index (κ3) is 3.16. The first-order chi connectivity index (χ1) is 6.91. The molecule has 0 saturated heterocycles. The van der Waals surface area contributed by atoms with Gasteiger partial charge >= 0.3 is 0 Å². The first-order valence-corrected chi connectivity index (χ1v) is 5.85. The normalized spacial score (nSPS) is 15.4. The maximum absolute atomic E-state index is 6.09. The Morgan fingerprint density at radius 2 is 1.73 bits per heavy atom. The Hall–Kier alpha value is -0.630. The molecule has 1 heterocycles. The molecule has 1 rings (SSSR count). The molecule has 15 heavy (non-hydrogen) atoms. The van der Waals surface area contributed by atoms with Crippen molar-refractivity contribution in [1.82, 2.24) is 9.97 Å². The lowest BCUT2D eigenvalue weighted by atomic mass is 10.0. The highest BCUT2D eigenvalue weighted by molar-refractivity contribution is 6.20. The summed E-state index contributed by atoms with van der Waals surface area (Å²) in [6.07, 6.45) is 0. The van der Waals surface area contributed by atoms with Crippen LogP contribution in [0, 0.1) is 6.92 Å². The molecule has 0 aliphatic carbocycles. The molecule has 0 radical (unpaired) electrons. The molecule has 84 valence electrons. The second-order valence-electron chi connectivity index (χ2n) is 4.41. The van der Waals surface area contributed by atoms with E-state index in [2.05, 4.69) is 30.7 Å². The molecule has 0 saturated carbocycles. The van der Waals surface area contributed by atoms with Gasteiger partial charge in [0.05, 0.1) is 0 Å². The molecule has 0 aromatic carbocycles. The summed E-state index contributed by atoms with van der Waals surface area (Å²) in [5.41, 5.74) is 2.07. The van der Waals surface area contributed by atoms with Crippen molar-refractivity contribution in [1.29, 1.82) is 0 Å². The number of aromatic nitrogens is 2. The number of rotatable bonds is 3. The van der Waals surface area contributed by atoms with Crippen LogP contribution in [0.5, 0.6) is 0 Å². The van der Waals surface area contributed by atoms with Gasteiger partial charge in [-0.15, -0.1) is 11.6 Å². The van der Waals surface area contributed by atoms with Crippen LogP contribution >= 0.6 is 11.6 Å². The van der Waals surface area contributed by atoms with Crippen LogP contribution in [-0.4, -0.2) is 15.3 Å². The van der Waals surface area contributed by atoms with Gasteiger partial charge in [-0.1, -0.05) is 20.8 Å². The van der Waals surface area contributed by atoms with E-state index in [1.54, 1.807) is 0 Å². The number of hydrogen-bond donors (Lipinski definition) is 0. The van der Waals surface area contributed by atoms with E-state index in [9.17, 15) is 0 Å². The number of alkyl halides is 1. The van der Waals surface area contributed by atoms with E-state index in [0.29, 0.717) is 5.92 Å². The van der Waals surface area contributed by atoms with Crippen LogP contribution < -0.4 is 0 Å². The lowest BCUT2D eigenvalue weighted by Gasteiger charge is -2.15. The quantitative estimate of drug-likeness (QED) is 0.736. The van der Waals surface area contributed by atoms with Crippen molar-refractivity contribution < 1.29 is 0 Å². The Kier molecular flexibility index (Phi) is 4.09. The smallest absolute Gasteiger partial charge is 0.131 e. The van der Waals surface area contributed by atoms with Crippen LogP contribution in [0.3, 0.4) is 0 Å². The van der Waals surface area contributed by atoms with Gasteiger partial charge in [0.2, 0.25) is 0 Å². The van der Waals surface area contributed by atoms with Crippen LogP contribution in [0.2, 0.25) is 0 Å². The summed E-state index contributed by atoms with van der Waals surface area (Å²) in [7, 11) is 0. The predicted molar refractivity (Wildman–Crippen MR) is 64.6 cm³/mol. The van der Waals surface area contributed by atoms with Gasteiger partial charge in [-0.05, 0) is 19.9 Å². The number of aryl methyl sites for hydroxylation is 1. The molecule has 3 heteroatoms. The molecule has 0 fully saturated rings. The first-order valence-electron chi connectivity index (χ1n) is 5.41. The molecule has 0 amide bonds. The van der Waals surface area contributed by atoms with Gasteiger partial charge < -0.3 is 0 Å². The van der Waals surface area contributed by atoms with Crippen molar-refractivity contribution in [3.63, 3.8) is 0 Å². The Morgan fingerprint density at radius 3 is 2.20 bits per heavy atom. The van der Waals surface area contributed by atoms with Crippen LogP contribution in [-0.2, 0) is 0 Å². The molecular formula is C12H19ClN2. The van der Waals surface area contributed by atoms with Gasteiger partial charge in [-0.3, -0.25) is 0 Å². The molecule has 2 nitrogen and oxygen atoms in total. The molecule has 0 spiro atoms. The zero-order chi connectivity index (χ0) is 11.6. The van der Waals surface area contributed by atoms with Crippen molar-refractivity contribution in [2.45, 2.75) is 51.8 Å². The molecule has 0 bridgehead atoms. The molecule has 2 unspecified atom stereocenters. The van der Waals surface area contributed by atoms with E-state index < -0.39 is 0 Å². The fraction of sp³-hybridized carbons (Fsp3) is 0.667. The van der Waals surface area contributed by atoms with E-state index >= 15 is 0 Å². The van der Waals surface area contributed by atoms with E-state index in [1.807, 2.05) is 19.9 Å². The van der Waals surface area contributed by atoms with E-state index in [1.165, 1.54) is 0 Å². The van der Waals surface area contributed by atoms with Crippen LogP contribution in [0.4, 0.5) is 0 Å². The summed E-state index contributed by atoms with van der Waals surface area (Å²) >= 11 is 6.09. The minimum absolute atomic E-state index is 0.0966. The molecule has 0 aliphatic rings. The summed E-state index contributed by atoms with van der Waals surface area (Å²) in [6.45, 7) is 10.3. The summed E-state index contributed by atoms with van der Waals surface area (Å²) in [4.78, 5) is 8.98. The fourth-order valence-corrected chi connectivity index (χ4v) is 1.47. The van der Waals surface area contributed by atoms with E-state index in [0.717, 1.165) is 17.2 Å². The van der Waals surface area contributed by atoms with Gasteiger partial charge in [0.15, 0.2) is 0 Å². The highest BCUT2D eigenvalue weighted by atomic mass is 35.5. The standard InChI is InChI=1S/C12H19ClN2/c1-7(2)12-14-8(3)6-11(15-12)9(4)10(5)13/h6-7,9-10H,1-5H3. The Bertz CT molecular complexity index is 334. The molecule has 1 aromatic heterocycles. The Morgan fingerprint density at radius 1 is 1.13 bits per heavy atom. The van der Waals surface area contributed by atoms with Crippen molar-refractivity contribution in [3.8, 4) is 0 Å². The Balaban J connectivity index is 3.09. The lowest BCUT2D eigenvalue weighted by molar-refractivity contribution is 0.678. The minimum atomic E-state index is 0.0966. The number of nitrogens with zero attached hydrogens (tertiary/aromatic N) is 2. The average molecular weight is 227 g/mol. The van der Waals surface area contributed by atoms with Gasteiger partial charge in [0, 0.05) is 28.6 Å². The first kappa shape index (κ1) is 12.4. The lowest BCUT2D eigenvalue weighted by Crippen LogP contribution is -2.11. The fourth-order valence-electron chi connectivity index (χ4n) is 1.34. The largest absolute Gasteiger partial charge is 0.238 e. The summed E-state index contributed by atoms with van der Waals surface area (Å²) < 4.78 is 0. The van der Waals surface area contributed by atoms with Crippen molar-refractivity contribution >= 4 is 11.6 Å². The monoisotopic (exact) mass is 226 g/mol. The molecule has 2 atom stereocenters. The summed E-state index contributed by atoms with van der Waals surface area (Å²) in [5, 5.41) is 0.0966. The SMILES string of the molecule is Cc1cc(C(C)C(C)Cl)nc(C(C)C)n1.